The van der Waals surface area contributed by atoms with Gasteiger partial charge in [0.1, 0.15) is 0 Å². The van der Waals surface area contributed by atoms with Crippen LogP contribution in [0.5, 0.6) is 5.75 Å². The highest BCUT2D eigenvalue weighted by atomic mass is 79.9. The van der Waals surface area contributed by atoms with Crippen LogP contribution in [0.4, 0.5) is 18.9 Å². The molecule has 1 aromatic rings. The topological polar surface area (TPSA) is 50.4 Å². The molecule has 1 amide bonds. The monoisotopic (exact) mass is 366 g/mol. The predicted octanol–water partition coefficient (Wildman–Crippen LogP) is 3.43. The summed E-state index contributed by atoms with van der Waals surface area (Å²) in [7, 11) is 0. The lowest BCUT2D eigenvalue weighted by Gasteiger charge is -2.23. The van der Waals surface area contributed by atoms with Crippen LogP contribution in [0, 0.1) is 0 Å². The lowest BCUT2D eigenvalue weighted by molar-refractivity contribution is -0.274. The van der Waals surface area contributed by atoms with Gasteiger partial charge in [-0.25, -0.2) is 0 Å². The normalized spacial score (nSPS) is 19.1. The van der Waals surface area contributed by atoms with Crippen molar-refractivity contribution in [2.45, 2.75) is 31.7 Å². The Morgan fingerprint density at radius 2 is 2.14 bits per heavy atom. The van der Waals surface area contributed by atoms with E-state index in [1.165, 1.54) is 12.1 Å². The van der Waals surface area contributed by atoms with Crippen molar-refractivity contribution in [3.05, 3.63) is 22.7 Å². The number of halogens is 4. The molecule has 2 rings (SSSR count). The molecule has 8 heteroatoms. The highest BCUT2D eigenvalue weighted by Gasteiger charge is 2.32. The van der Waals surface area contributed by atoms with Crippen LogP contribution in [0.25, 0.3) is 0 Å². The molecule has 1 atom stereocenters. The molecule has 21 heavy (non-hydrogen) atoms. The van der Waals surface area contributed by atoms with Gasteiger partial charge >= 0.3 is 6.36 Å². The highest BCUT2D eigenvalue weighted by Crippen LogP contribution is 2.33. The zero-order chi connectivity index (χ0) is 15.5. The van der Waals surface area contributed by atoms with E-state index in [0.29, 0.717) is 10.9 Å². The molecule has 1 fully saturated rings. The van der Waals surface area contributed by atoms with Crippen molar-refractivity contribution in [3.63, 3.8) is 0 Å². The smallest absolute Gasteiger partial charge is 0.404 e. The number of ether oxygens (including phenoxy) is 1. The van der Waals surface area contributed by atoms with E-state index in [9.17, 15) is 18.0 Å². The molecule has 0 bridgehead atoms. The summed E-state index contributed by atoms with van der Waals surface area (Å²) in [6.45, 7) is 0.727. The van der Waals surface area contributed by atoms with Gasteiger partial charge in [0, 0.05) is 4.47 Å². The third-order valence-corrected chi connectivity index (χ3v) is 3.55. The molecule has 116 valence electrons. The highest BCUT2D eigenvalue weighted by molar-refractivity contribution is 9.10. The lowest BCUT2D eigenvalue weighted by atomic mass is 10.0. The van der Waals surface area contributed by atoms with Crippen LogP contribution < -0.4 is 15.4 Å². The van der Waals surface area contributed by atoms with Crippen LogP contribution >= 0.6 is 15.9 Å². The van der Waals surface area contributed by atoms with Crippen molar-refractivity contribution in [2.75, 3.05) is 11.9 Å². The van der Waals surface area contributed by atoms with Crippen molar-refractivity contribution in [2.24, 2.45) is 0 Å². The average molecular weight is 367 g/mol. The summed E-state index contributed by atoms with van der Waals surface area (Å²) in [5, 5.41) is 5.52. The average Bonchev–Trinajstić information content (AvgIpc) is 2.41. The van der Waals surface area contributed by atoms with E-state index < -0.39 is 12.1 Å². The molecule has 0 saturated carbocycles. The molecule has 2 N–H and O–H groups in total. The Bertz CT molecular complexity index is 517. The third kappa shape index (κ3) is 4.89. The van der Waals surface area contributed by atoms with Crippen LogP contribution in [0.2, 0.25) is 0 Å². The van der Waals surface area contributed by atoms with Crippen LogP contribution in [0.3, 0.4) is 0 Å². The zero-order valence-corrected chi connectivity index (χ0v) is 12.6. The van der Waals surface area contributed by atoms with Gasteiger partial charge in [-0.1, -0.05) is 22.4 Å². The maximum absolute atomic E-state index is 12.4. The standard InChI is InChI=1S/C13H14BrF3N2O2/c14-8-4-5-9(11(7-8)21-13(15,16)17)19-12(20)10-3-1-2-6-18-10/h4-5,7,10,18H,1-3,6H2,(H,19,20). The number of hydrogen-bond donors (Lipinski definition) is 2. The van der Waals surface area contributed by atoms with Crippen molar-refractivity contribution in [1.29, 1.82) is 0 Å². The summed E-state index contributed by atoms with van der Waals surface area (Å²) in [4.78, 5) is 12.0. The fraction of sp³-hybridized carbons (Fsp3) is 0.462. The zero-order valence-electron chi connectivity index (χ0n) is 11.0. The second-order valence-electron chi connectivity index (χ2n) is 4.68. The van der Waals surface area contributed by atoms with Crippen molar-refractivity contribution < 1.29 is 22.7 Å². The Morgan fingerprint density at radius 1 is 1.38 bits per heavy atom. The van der Waals surface area contributed by atoms with Crippen molar-refractivity contribution in [1.82, 2.24) is 5.32 Å². The van der Waals surface area contributed by atoms with Gasteiger partial charge in [-0.2, -0.15) is 0 Å². The fourth-order valence-electron chi connectivity index (χ4n) is 2.10. The number of carbonyl (C=O) groups excluding carboxylic acids is 1. The molecule has 4 nitrogen and oxygen atoms in total. The van der Waals surface area contributed by atoms with Gasteiger partial charge in [0.25, 0.3) is 0 Å². The van der Waals surface area contributed by atoms with Gasteiger partial charge in [-0.15, -0.1) is 13.2 Å². The van der Waals surface area contributed by atoms with Crippen molar-refractivity contribution >= 4 is 27.5 Å². The molecule has 0 radical (unpaired) electrons. The quantitative estimate of drug-likeness (QED) is 0.861. The van der Waals surface area contributed by atoms with Gasteiger partial charge in [0.15, 0.2) is 5.75 Å². The Kier molecular flexibility index (Phi) is 5.10. The first-order valence-electron chi connectivity index (χ1n) is 6.45. The molecule has 1 heterocycles. The van der Waals surface area contributed by atoms with Crippen molar-refractivity contribution in [3.8, 4) is 5.75 Å². The Balaban J connectivity index is 2.13. The fourth-order valence-corrected chi connectivity index (χ4v) is 2.44. The Hall–Kier alpha value is -1.28. The molecular formula is C13H14BrF3N2O2. The molecule has 1 saturated heterocycles. The number of amides is 1. The second kappa shape index (κ2) is 6.65. The maximum Gasteiger partial charge on any atom is 0.573 e. The summed E-state index contributed by atoms with van der Waals surface area (Å²) in [6.07, 6.45) is -2.25. The first kappa shape index (κ1) is 16.1. The van der Waals surface area contributed by atoms with E-state index in [1.807, 2.05) is 0 Å². The second-order valence-corrected chi connectivity index (χ2v) is 5.60. The summed E-state index contributed by atoms with van der Waals surface area (Å²) in [5.74, 6) is -0.801. The number of benzene rings is 1. The van der Waals surface area contributed by atoms with Crippen LogP contribution in [0.15, 0.2) is 22.7 Å². The molecule has 1 aliphatic rings. The minimum Gasteiger partial charge on any atom is -0.404 e. The molecular weight excluding hydrogens is 353 g/mol. The van der Waals surface area contributed by atoms with E-state index in [4.69, 9.17) is 0 Å². The molecule has 1 aromatic carbocycles. The summed E-state index contributed by atoms with van der Waals surface area (Å²) in [5.41, 5.74) is -0.00658. The van der Waals surface area contributed by atoms with Gasteiger partial charge in [-0.3, -0.25) is 4.79 Å². The summed E-state index contributed by atoms with van der Waals surface area (Å²) in [6, 6.07) is 3.68. The maximum atomic E-state index is 12.4. The van der Waals surface area contributed by atoms with Crippen LogP contribution in [-0.2, 0) is 4.79 Å². The van der Waals surface area contributed by atoms with E-state index in [2.05, 4.69) is 31.3 Å². The number of carbonyl (C=O) groups is 1. The van der Waals surface area contributed by atoms with Gasteiger partial charge in [-0.05, 0) is 37.6 Å². The van der Waals surface area contributed by atoms with Gasteiger partial charge in [0.05, 0.1) is 11.7 Å². The van der Waals surface area contributed by atoms with Gasteiger partial charge in [0.2, 0.25) is 5.91 Å². The summed E-state index contributed by atoms with van der Waals surface area (Å²) < 4.78 is 41.5. The Morgan fingerprint density at radius 3 is 2.76 bits per heavy atom. The third-order valence-electron chi connectivity index (χ3n) is 3.05. The summed E-state index contributed by atoms with van der Waals surface area (Å²) >= 11 is 3.07. The minimum atomic E-state index is -4.82. The Labute approximate surface area is 128 Å². The SMILES string of the molecule is O=C(Nc1ccc(Br)cc1OC(F)(F)F)C1CCCCN1. The number of nitrogens with one attached hydrogen (secondary N) is 2. The van der Waals surface area contributed by atoms with Crippen LogP contribution in [-0.4, -0.2) is 24.9 Å². The van der Waals surface area contributed by atoms with E-state index in [0.717, 1.165) is 25.5 Å². The molecule has 0 aromatic heterocycles. The lowest BCUT2D eigenvalue weighted by Crippen LogP contribution is -2.43. The van der Waals surface area contributed by atoms with Gasteiger partial charge < -0.3 is 15.4 Å². The molecule has 0 spiro atoms. The first-order chi connectivity index (χ1) is 9.85. The number of hydrogen-bond acceptors (Lipinski definition) is 3. The van der Waals surface area contributed by atoms with Crippen LogP contribution in [0.1, 0.15) is 19.3 Å². The number of alkyl halides is 3. The predicted molar refractivity (Wildman–Crippen MR) is 75.1 cm³/mol. The van der Waals surface area contributed by atoms with E-state index in [1.54, 1.807) is 0 Å². The minimum absolute atomic E-state index is 0.00658. The molecule has 1 unspecified atom stereocenters. The first-order valence-corrected chi connectivity index (χ1v) is 7.24. The number of anilines is 1. The molecule has 1 aliphatic heterocycles. The van der Waals surface area contributed by atoms with E-state index >= 15 is 0 Å². The molecule has 0 aliphatic carbocycles. The van der Waals surface area contributed by atoms with E-state index in [-0.39, 0.29) is 17.6 Å². The number of piperidine rings is 1. The number of rotatable bonds is 3. The largest absolute Gasteiger partial charge is 0.573 e.